The Kier molecular flexibility index (Phi) is 5.88. The van der Waals surface area contributed by atoms with E-state index in [2.05, 4.69) is 9.55 Å². The first-order valence-electron chi connectivity index (χ1n) is 8.59. The summed E-state index contributed by atoms with van der Waals surface area (Å²) in [6.07, 6.45) is 5.77. The normalized spacial score (nSPS) is 17.8. The van der Waals surface area contributed by atoms with Crippen LogP contribution in [0.1, 0.15) is 40.9 Å². The highest BCUT2D eigenvalue weighted by molar-refractivity contribution is 5.91. The van der Waals surface area contributed by atoms with Crippen LogP contribution in [0.15, 0.2) is 28.9 Å². The zero-order chi connectivity index (χ0) is 17.6. The summed E-state index contributed by atoms with van der Waals surface area (Å²) in [7, 11) is 3.30. The Labute approximate surface area is 147 Å². The van der Waals surface area contributed by atoms with Crippen LogP contribution in [0.2, 0.25) is 0 Å². The molecule has 0 unspecified atom stereocenters. The van der Waals surface area contributed by atoms with Crippen molar-refractivity contribution in [1.29, 1.82) is 0 Å². The molecule has 0 N–H and O–H groups in total. The van der Waals surface area contributed by atoms with Crippen molar-refractivity contribution in [3.05, 3.63) is 41.9 Å². The van der Waals surface area contributed by atoms with Crippen LogP contribution in [0.3, 0.4) is 0 Å². The van der Waals surface area contributed by atoms with Gasteiger partial charge in [-0.25, -0.2) is 4.98 Å². The Hall–Kier alpha value is -2.12. The summed E-state index contributed by atoms with van der Waals surface area (Å²) >= 11 is 0. The molecule has 136 valence electrons. The second-order valence-corrected chi connectivity index (χ2v) is 6.26. The fraction of sp³-hybridized carbons (Fsp3) is 0.556. The fourth-order valence-electron chi connectivity index (χ4n) is 3.30. The maximum Gasteiger partial charge on any atom is 0.289 e. The first kappa shape index (κ1) is 17.7. The highest BCUT2D eigenvalue weighted by atomic mass is 16.5. The topological polar surface area (TPSA) is 69.7 Å². The molecule has 1 fully saturated rings. The van der Waals surface area contributed by atoms with Gasteiger partial charge in [0.1, 0.15) is 18.2 Å². The van der Waals surface area contributed by atoms with Gasteiger partial charge in [0.15, 0.2) is 5.76 Å². The number of furan rings is 1. The van der Waals surface area contributed by atoms with Crippen molar-refractivity contribution < 1.29 is 18.7 Å². The molecule has 1 atom stereocenters. The minimum atomic E-state index is -0.0675. The lowest BCUT2D eigenvalue weighted by Gasteiger charge is -2.32. The molecule has 25 heavy (non-hydrogen) atoms. The number of hydrogen-bond acceptors (Lipinski definition) is 5. The summed E-state index contributed by atoms with van der Waals surface area (Å²) in [5.41, 5.74) is 0. The maximum absolute atomic E-state index is 12.7. The molecule has 0 spiro atoms. The van der Waals surface area contributed by atoms with Crippen molar-refractivity contribution >= 4 is 5.91 Å². The van der Waals surface area contributed by atoms with E-state index in [9.17, 15) is 4.79 Å². The van der Waals surface area contributed by atoms with Crippen molar-refractivity contribution in [2.24, 2.45) is 0 Å². The molecule has 7 nitrogen and oxygen atoms in total. The van der Waals surface area contributed by atoms with Crippen LogP contribution in [-0.2, 0) is 22.6 Å². The van der Waals surface area contributed by atoms with Gasteiger partial charge in [0.25, 0.3) is 5.91 Å². The van der Waals surface area contributed by atoms with Gasteiger partial charge in [-0.15, -0.1) is 0 Å². The molecule has 3 rings (SSSR count). The van der Waals surface area contributed by atoms with Crippen LogP contribution in [0.4, 0.5) is 0 Å². The van der Waals surface area contributed by atoms with Crippen molar-refractivity contribution in [3.63, 3.8) is 0 Å². The molecule has 2 aromatic rings. The van der Waals surface area contributed by atoms with E-state index in [0.717, 1.165) is 31.8 Å². The van der Waals surface area contributed by atoms with E-state index in [1.54, 1.807) is 26.4 Å². The molecule has 0 radical (unpaired) electrons. The Bertz CT molecular complexity index is 694. The number of hydrogen-bond donors (Lipinski definition) is 0. The van der Waals surface area contributed by atoms with Gasteiger partial charge < -0.3 is 23.4 Å². The highest BCUT2D eigenvalue weighted by Crippen LogP contribution is 2.27. The lowest BCUT2D eigenvalue weighted by atomic mass is 9.97. The molecule has 1 aliphatic heterocycles. The number of aromatic nitrogens is 2. The van der Waals surface area contributed by atoms with Gasteiger partial charge in [-0.1, -0.05) is 0 Å². The van der Waals surface area contributed by atoms with Gasteiger partial charge in [-0.05, 0) is 25.0 Å². The fourth-order valence-corrected chi connectivity index (χ4v) is 3.30. The summed E-state index contributed by atoms with van der Waals surface area (Å²) in [5.74, 6) is 2.22. The Balaban J connectivity index is 1.68. The largest absolute Gasteiger partial charge is 0.453 e. The van der Waals surface area contributed by atoms with Gasteiger partial charge in [0, 0.05) is 52.2 Å². The van der Waals surface area contributed by atoms with Gasteiger partial charge in [0.2, 0.25) is 0 Å². The molecule has 1 amide bonds. The van der Waals surface area contributed by atoms with E-state index in [1.165, 1.54) is 0 Å². The van der Waals surface area contributed by atoms with E-state index >= 15 is 0 Å². The summed E-state index contributed by atoms with van der Waals surface area (Å²) < 4.78 is 17.9. The van der Waals surface area contributed by atoms with Crippen LogP contribution in [0.5, 0.6) is 0 Å². The molecule has 0 aromatic carbocycles. The number of carbonyl (C=O) groups is 1. The van der Waals surface area contributed by atoms with Crippen LogP contribution in [-0.4, -0.2) is 54.3 Å². The zero-order valence-corrected chi connectivity index (χ0v) is 14.8. The van der Waals surface area contributed by atoms with Crippen molar-refractivity contribution in [3.8, 4) is 0 Å². The molecule has 7 heteroatoms. The SMILES string of the molecule is COCCn1ccnc1[C@@H]1CCCN(C(=O)c2ccc(COC)o2)C1. The smallest absolute Gasteiger partial charge is 0.289 e. The summed E-state index contributed by atoms with van der Waals surface area (Å²) in [6.45, 7) is 3.19. The van der Waals surface area contributed by atoms with Crippen LogP contribution < -0.4 is 0 Å². The van der Waals surface area contributed by atoms with E-state index in [0.29, 0.717) is 31.3 Å². The summed E-state index contributed by atoms with van der Waals surface area (Å²) in [5, 5.41) is 0. The maximum atomic E-state index is 12.7. The number of amides is 1. The van der Waals surface area contributed by atoms with Gasteiger partial charge in [-0.2, -0.15) is 0 Å². The molecular formula is C18H25N3O4. The second-order valence-electron chi connectivity index (χ2n) is 6.26. The molecule has 0 aliphatic carbocycles. The molecule has 0 saturated carbocycles. The van der Waals surface area contributed by atoms with E-state index in [1.807, 2.05) is 17.3 Å². The predicted octanol–water partition coefficient (Wildman–Crippen LogP) is 2.29. The third-order valence-corrected chi connectivity index (χ3v) is 4.52. The number of rotatable bonds is 7. The lowest BCUT2D eigenvalue weighted by Crippen LogP contribution is -2.39. The number of imidazole rings is 1. The average Bonchev–Trinajstić information content (AvgIpc) is 3.29. The van der Waals surface area contributed by atoms with E-state index in [-0.39, 0.29) is 11.8 Å². The third-order valence-electron chi connectivity index (χ3n) is 4.52. The Morgan fingerprint density at radius 1 is 1.36 bits per heavy atom. The summed E-state index contributed by atoms with van der Waals surface area (Å²) in [4.78, 5) is 19.1. The van der Waals surface area contributed by atoms with Gasteiger partial charge in [0.05, 0.1) is 6.61 Å². The number of carbonyl (C=O) groups excluding carboxylic acids is 1. The minimum Gasteiger partial charge on any atom is -0.453 e. The lowest BCUT2D eigenvalue weighted by molar-refractivity contribution is 0.0663. The van der Waals surface area contributed by atoms with Gasteiger partial charge in [-0.3, -0.25) is 4.79 Å². The molecule has 1 aliphatic rings. The van der Waals surface area contributed by atoms with E-state index < -0.39 is 0 Å². The molecule has 2 aromatic heterocycles. The predicted molar refractivity (Wildman–Crippen MR) is 91.4 cm³/mol. The highest BCUT2D eigenvalue weighted by Gasteiger charge is 2.29. The van der Waals surface area contributed by atoms with Gasteiger partial charge >= 0.3 is 0 Å². The monoisotopic (exact) mass is 347 g/mol. The number of likely N-dealkylation sites (tertiary alicyclic amines) is 1. The van der Waals surface area contributed by atoms with Crippen LogP contribution in [0.25, 0.3) is 0 Å². The number of methoxy groups -OCH3 is 2. The Morgan fingerprint density at radius 3 is 3.04 bits per heavy atom. The molecule has 3 heterocycles. The second kappa shape index (κ2) is 8.31. The molecule has 1 saturated heterocycles. The quantitative estimate of drug-likeness (QED) is 0.768. The molecule has 0 bridgehead atoms. The Morgan fingerprint density at radius 2 is 2.24 bits per heavy atom. The minimum absolute atomic E-state index is 0.0675. The summed E-state index contributed by atoms with van der Waals surface area (Å²) in [6, 6.07) is 3.51. The molecular weight excluding hydrogens is 322 g/mol. The van der Waals surface area contributed by atoms with E-state index in [4.69, 9.17) is 13.9 Å². The zero-order valence-electron chi connectivity index (χ0n) is 14.8. The number of ether oxygens (including phenoxy) is 2. The standard InChI is InChI=1S/C18H25N3O4/c1-23-11-10-20-9-7-19-17(20)14-4-3-8-21(12-14)18(22)16-6-5-15(25-16)13-24-2/h5-7,9,14H,3-4,8,10-13H2,1-2H3/t14-/m1/s1. The third kappa shape index (κ3) is 4.11. The van der Waals surface area contributed by atoms with Crippen molar-refractivity contribution in [1.82, 2.24) is 14.5 Å². The number of piperidine rings is 1. The average molecular weight is 347 g/mol. The van der Waals surface area contributed by atoms with Crippen molar-refractivity contribution in [2.45, 2.75) is 31.9 Å². The first-order valence-corrected chi connectivity index (χ1v) is 8.59. The first-order chi connectivity index (χ1) is 12.2. The van der Waals surface area contributed by atoms with Crippen LogP contribution in [0, 0.1) is 0 Å². The van der Waals surface area contributed by atoms with Crippen LogP contribution >= 0.6 is 0 Å². The number of nitrogens with zero attached hydrogens (tertiary/aromatic N) is 3. The van der Waals surface area contributed by atoms with Crippen molar-refractivity contribution in [2.75, 3.05) is 33.9 Å².